The van der Waals surface area contributed by atoms with Gasteiger partial charge in [-0.2, -0.15) is 0 Å². The minimum absolute atomic E-state index is 0.0613. The van der Waals surface area contributed by atoms with Gasteiger partial charge in [-0.1, -0.05) is 13.0 Å². The lowest BCUT2D eigenvalue weighted by molar-refractivity contribution is 0.0697. The highest BCUT2D eigenvalue weighted by Crippen LogP contribution is 2.23. The number of aromatic nitrogens is 1. The third-order valence-corrected chi connectivity index (χ3v) is 4.31. The molecule has 1 amide bonds. The van der Waals surface area contributed by atoms with Gasteiger partial charge in [-0.05, 0) is 42.5 Å². The van der Waals surface area contributed by atoms with Crippen molar-refractivity contribution in [2.45, 2.75) is 19.8 Å². The van der Waals surface area contributed by atoms with Crippen LogP contribution in [0.1, 0.15) is 30.1 Å². The van der Waals surface area contributed by atoms with E-state index < -0.39 is 11.6 Å². The zero-order chi connectivity index (χ0) is 16.4. The molecule has 1 aliphatic rings. The highest BCUT2D eigenvalue weighted by atomic mass is 19.2. The zero-order valence-electron chi connectivity index (χ0n) is 12.9. The minimum atomic E-state index is -0.913. The van der Waals surface area contributed by atoms with Crippen LogP contribution in [0, 0.1) is 17.6 Å². The number of carbonyl (C=O) groups is 1. The van der Waals surface area contributed by atoms with Gasteiger partial charge in [0.15, 0.2) is 11.6 Å². The summed E-state index contributed by atoms with van der Waals surface area (Å²) in [6.45, 7) is 3.68. The Morgan fingerprint density at radius 3 is 2.52 bits per heavy atom. The van der Waals surface area contributed by atoms with E-state index in [2.05, 4.69) is 11.9 Å². The maximum absolute atomic E-state index is 13.4. The van der Waals surface area contributed by atoms with Gasteiger partial charge in [-0.25, -0.2) is 8.78 Å². The number of nitrogens with zero attached hydrogens (tertiary/aromatic N) is 2. The van der Waals surface area contributed by atoms with Crippen molar-refractivity contribution in [2.75, 3.05) is 13.1 Å². The molecule has 0 spiro atoms. The number of hydrogen-bond acceptors (Lipinski definition) is 2. The van der Waals surface area contributed by atoms with E-state index in [4.69, 9.17) is 0 Å². The number of likely N-dealkylation sites (tertiary alicyclic amines) is 1. The largest absolute Gasteiger partial charge is 0.339 e. The number of hydrogen-bond donors (Lipinski definition) is 0. The molecule has 1 aliphatic heterocycles. The van der Waals surface area contributed by atoms with Crippen LogP contribution in [0.15, 0.2) is 36.7 Å². The molecule has 120 valence electrons. The molecule has 0 unspecified atom stereocenters. The normalized spacial score (nSPS) is 15.7. The molecule has 1 saturated heterocycles. The van der Waals surface area contributed by atoms with Crippen LogP contribution in [-0.2, 0) is 0 Å². The SMILES string of the molecule is CC1CCN(C(=O)c2cncc(-c3ccc(F)c(F)c3)c2)CC1. The molecule has 1 aromatic carbocycles. The second-order valence-corrected chi connectivity index (χ2v) is 6.07. The number of piperidine rings is 1. The molecule has 0 radical (unpaired) electrons. The molecule has 3 rings (SSSR count). The third-order valence-electron chi connectivity index (χ3n) is 4.31. The number of pyridine rings is 1. The lowest BCUT2D eigenvalue weighted by Gasteiger charge is -2.30. The Morgan fingerprint density at radius 2 is 1.83 bits per heavy atom. The Balaban J connectivity index is 1.84. The summed E-state index contributed by atoms with van der Waals surface area (Å²) < 4.78 is 26.4. The summed E-state index contributed by atoms with van der Waals surface area (Å²) in [5.41, 5.74) is 1.57. The molecular weight excluding hydrogens is 298 g/mol. The summed E-state index contributed by atoms with van der Waals surface area (Å²) in [6, 6.07) is 5.35. The van der Waals surface area contributed by atoms with Crippen molar-refractivity contribution in [3.05, 3.63) is 53.9 Å². The van der Waals surface area contributed by atoms with Gasteiger partial charge in [-0.3, -0.25) is 9.78 Å². The van der Waals surface area contributed by atoms with Crippen molar-refractivity contribution in [1.29, 1.82) is 0 Å². The molecule has 3 nitrogen and oxygen atoms in total. The van der Waals surface area contributed by atoms with E-state index in [1.54, 1.807) is 12.3 Å². The fourth-order valence-electron chi connectivity index (χ4n) is 2.78. The van der Waals surface area contributed by atoms with Crippen LogP contribution in [0.25, 0.3) is 11.1 Å². The molecule has 2 heterocycles. The highest BCUT2D eigenvalue weighted by molar-refractivity contribution is 5.95. The van der Waals surface area contributed by atoms with Gasteiger partial charge in [-0.15, -0.1) is 0 Å². The van der Waals surface area contributed by atoms with Crippen molar-refractivity contribution in [3.63, 3.8) is 0 Å². The van der Waals surface area contributed by atoms with Crippen LogP contribution in [0.2, 0.25) is 0 Å². The Kier molecular flexibility index (Phi) is 4.37. The molecule has 23 heavy (non-hydrogen) atoms. The predicted molar refractivity (Wildman–Crippen MR) is 83.9 cm³/mol. The fraction of sp³-hybridized carbons (Fsp3) is 0.333. The number of benzene rings is 1. The van der Waals surface area contributed by atoms with Gasteiger partial charge in [0.05, 0.1) is 5.56 Å². The number of halogens is 2. The summed E-state index contributed by atoms with van der Waals surface area (Å²) in [5, 5.41) is 0. The number of carbonyl (C=O) groups excluding carboxylic acids is 1. The highest BCUT2D eigenvalue weighted by Gasteiger charge is 2.22. The first kappa shape index (κ1) is 15.6. The molecule has 0 atom stereocenters. The van der Waals surface area contributed by atoms with Crippen LogP contribution >= 0.6 is 0 Å². The first-order valence-electron chi connectivity index (χ1n) is 7.74. The lowest BCUT2D eigenvalue weighted by atomic mass is 9.98. The average Bonchev–Trinajstić information content (AvgIpc) is 2.57. The molecule has 0 N–H and O–H groups in total. The van der Waals surface area contributed by atoms with E-state index in [-0.39, 0.29) is 5.91 Å². The van der Waals surface area contributed by atoms with Crippen LogP contribution in [-0.4, -0.2) is 28.9 Å². The van der Waals surface area contributed by atoms with Crippen molar-refractivity contribution >= 4 is 5.91 Å². The Labute approximate surface area is 134 Å². The first-order valence-corrected chi connectivity index (χ1v) is 7.74. The minimum Gasteiger partial charge on any atom is -0.339 e. The Morgan fingerprint density at radius 1 is 1.09 bits per heavy atom. The standard InChI is InChI=1S/C18H18F2N2O/c1-12-4-6-22(7-5-12)18(23)15-8-14(10-21-11-15)13-2-3-16(19)17(20)9-13/h2-3,8-12H,4-7H2,1H3. The van der Waals surface area contributed by atoms with Gasteiger partial charge in [0, 0.05) is 31.0 Å². The molecule has 0 bridgehead atoms. The van der Waals surface area contributed by atoms with E-state index in [1.807, 2.05) is 4.90 Å². The quantitative estimate of drug-likeness (QED) is 0.842. The van der Waals surface area contributed by atoms with Crippen LogP contribution in [0.4, 0.5) is 8.78 Å². The third kappa shape index (κ3) is 3.38. The van der Waals surface area contributed by atoms with Crippen molar-refractivity contribution in [1.82, 2.24) is 9.88 Å². The molecule has 2 aromatic rings. The Bertz CT molecular complexity index is 725. The van der Waals surface area contributed by atoms with Crippen LogP contribution in [0.5, 0.6) is 0 Å². The monoisotopic (exact) mass is 316 g/mol. The van der Waals surface area contributed by atoms with Crippen LogP contribution < -0.4 is 0 Å². The Hall–Kier alpha value is -2.30. The summed E-state index contributed by atoms with van der Waals surface area (Å²) in [4.78, 5) is 18.5. The lowest BCUT2D eigenvalue weighted by Crippen LogP contribution is -2.37. The molecule has 5 heteroatoms. The smallest absolute Gasteiger partial charge is 0.255 e. The maximum atomic E-state index is 13.4. The number of amides is 1. The average molecular weight is 316 g/mol. The van der Waals surface area contributed by atoms with Gasteiger partial charge < -0.3 is 4.90 Å². The maximum Gasteiger partial charge on any atom is 0.255 e. The van der Waals surface area contributed by atoms with Gasteiger partial charge in [0.1, 0.15) is 0 Å². The topological polar surface area (TPSA) is 33.2 Å². The van der Waals surface area contributed by atoms with Crippen LogP contribution in [0.3, 0.4) is 0 Å². The van der Waals surface area contributed by atoms with Crippen molar-refractivity contribution < 1.29 is 13.6 Å². The summed E-state index contributed by atoms with van der Waals surface area (Å²) in [6.07, 6.45) is 5.07. The summed E-state index contributed by atoms with van der Waals surface area (Å²) in [7, 11) is 0. The second-order valence-electron chi connectivity index (χ2n) is 6.07. The van der Waals surface area contributed by atoms with E-state index >= 15 is 0 Å². The zero-order valence-corrected chi connectivity index (χ0v) is 12.9. The van der Waals surface area contributed by atoms with Gasteiger partial charge in [0.25, 0.3) is 5.91 Å². The molecule has 1 aromatic heterocycles. The first-order chi connectivity index (χ1) is 11.0. The predicted octanol–water partition coefficient (Wildman–Crippen LogP) is 3.90. The van der Waals surface area contributed by atoms with E-state index in [1.165, 1.54) is 12.3 Å². The molecule has 0 aliphatic carbocycles. The van der Waals surface area contributed by atoms with Crippen molar-refractivity contribution in [3.8, 4) is 11.1 Å². The molecule has 0 saturated carbocycles. The van der Waals surface area contributed by atoms with E-state index in [9.17, 15) is 13.6 Å². The van der Waals surface area contributed by atoms with Crippen molar-refractivity contribution in [2.24, 2.45) is 5.92 Å². The van der Waals surface area contributed by atoms with Gasteiger partial charge >= 0.3 is 0 Å². The summed E-state index contributed by atoms with van der Waals surface area (Å²) >= 11 is 0. The molecule has 1 fully saturated rings. The number of rotatable bonds is 2. The van der Waals surface area contributed by atoms with E-state index in [0.717, 1.165) is 38.1 Å². The second kappa shape index (κ2) is 6.44. The fourth-order valence-corrected chi connectivity index (χ4v) is 2.78. The summed E-state index contributed by atoms with van der Waals surface area (Å²) in [5.74, 6) is -1.22. The molecular formula is C18H18F2N2O. The van der Waals surface area contributed by atoms with E-state index in [0.29, 0.717) is 22.6 Å². The van der Waals surface area contributed by atoms with Gasteiger partial charge in [0.2, 0.25) is 0 Å².